The van der Waals surface area contributed by atoms with Gasteiger partial charge in [-0.2, -0.15) is 17.6 Å². The molecule has 0 radical (unpaired) electrons. The van der Waals surface area contributed by atoms with Gasteiger partial charge in [0.25, 0.3) is 0 Å². The molecule has 0 aliphatic rings. The fourth-order valence-corrected chi connectivity index (χ4v) is 0.869. The standard InChI is InChI=1S/C10H8F4O/c1-2-7-3-5-8(6-4-7)15-9(11)10(12,13)14/h2-6,9H,1H2. The zero-order valence-electron chi connectivity index (χ0n) is 7.59. The first-order valence-corrected chi connectivity index (χ1v) is 4.03. The van der Waals surface area contributed by atoms with Crippen molar-refractivity contribution in [2.45, 2.75) is 12.5 Å². The van der Waals surface area contributed by atoms with Gasteiger partial charge < -0.3 is 4.74 Å². The average Bonchev–Trinajstić information content (AvgIpc) is 2.17. The van der Waals surface area contributed by atoms with Crippen molar-refractivity contribution in [3.05, 3.63) is 36.4 Å². The van der Waals surface area contributed by atoms with Crippen LogP contribution in [-0.4, -0.2) is 12.5 Å². The number of benzene rings is 1. The topological polar surface area (TPSA) is 9.23 Å². The highest BCUT2D eigenvalue weighted by atomic mass is 19.4. The highest BCUT2D eigenvalue weighted by Gasteiger charge is 2.42. The first-order chi connectivity index (χ1) is 6.93. The molecule has 1 aromatic carbocycles. The molecule has 0 heterocycles. The number of rotatable bonds is 3. The molecule has 0 aliphatic carbocycles. The van der Waals surface area contributed by atoms with Crippen LogP contribution in [0.5, 0.6) is 5.75 Å². The highest BCUT2D eigenvalue weighted by molar-refractivity contribution is 5.48. The Balaban J connectivity index is 2.69. The summed E-state index contributed by atoms with van der Waals surface area (Å²) in [5.74, 6) is -0.176. The van der Waals surface area contributed by atoms with Crippen LogP contribution in [0.1, 0.15) is 5.56 Å². The molecule has 1 unspecified atom stereocenters. The number of hydrogen-bond acceptors (Lipinski definition) is 1. The second-order valence-corrected chi connectivity index (χ2v) is 2.75. The Morgan fingerprint density at radius 2 is 1.73 bits per heavy atom. The predicted molar refractivity (Wildman–Crippen MR) is 48.1 cm³/mol. The largest absolute Gasteiger partial charge is 0.457 e. The second kappa shape index (κ2) is 4.33. The zero-order valence-corrected chi connectivity index (χ0v) is 7.59. The van der Waals surface area contributed by atoms with Gasteiger partial charge in [-0.05, 0) is 17.7 Å². The summed E-state index contributed by atoms with van der Waals surface area (Å²) in [6.07, 6.45) is -6.79. The Morgan fingerprint density at radius 3 is 2.13 bits per heavy atom. The average molecular weight is 220 g/mol. The van der Waals surface area contributed by atoms with E-state index in [1.807, 2.05) is 0 Å². The van der Waals surface area contributed by atoms with Crippen LogP contribution in [0, 0.1) is 0 Å². The van der Waals surface area contributed by atoms with E-state index in [0.29, 0.717) is 5.56 Å². The van der Waals surface area contributed by atoms with Gasteiger partial charge in [0.15, 0.2) is 0 Å². The maximum atomic E-state index is 12.4. The molecular weight excluding hydrogens is 212 g/mol. The Labute approximate surface area is 84.0 Å². The van der Waals surface area contributed by atoms with Crippen LogP contribution >= 0.6 is 0 Å². The van der Waals surface area contributed by atoms with Crippen molar-refractivity contribution in [2.24, 2.45) is 0 Å². The van der Waals surface area contributed by atoms with Gasteiger partial charge in [0.2, 0.25) is 0 Å². The van der Waals surface area contributed by atoms with E-state index in [1.54, 1.807) is 0 Å². The molecule has 0 fully saturated rings. The van der Waals surface area contributed by atoms with Crippen LogP contribution in [0.3, 0.4) is 0 Å². The Morgan fingerprint density at radius 1 is 1.20 bits per heavy atom. The first-order valence-electron chi connectivity index (χ1n) is 4.03. The molecule has 0 bridgehead atoms. The van der Waals surface area contributed by atoms with Crippen molar-refractivity contribution >= 4 is 6.08 Å². The monoisotopic (exact) mass is 220 g/mol. The third kappa shape index (κ3) is 3.27. The lowest BCUT2D eigenvalue weighted by atomic mass is 10.2. The van der Waals surface area contributed by atoms with Gasteiger partial charge in [0.1, 0.15) is 5.75 Å². The van der Waals surface area contributed by atoms with Crippen molar-refractivity contribution < 1.29 is 22.3 Å². The SMILES string of the molecule is C=Cc1ccc(OC(F)C(F)(F)F)cc1. The summed E-state index contributed by atoms with van der Waals surface area (Å²) >= 11 is 0. The van der Waals surface area contributed by atoms with Gasteiger partial charge >= 0.3 is 12.5 Å². The molecule has 0 N–H and O–H groups in total. The number of halogens is 4. The molecule has 1 rings (SSSR count). The Bertz CT molecular complexity index is 328. The summed E-state index contributed by atoms with van der Waals surface area (Å²) in [6, 6.07) is 5.45. The van der Waals surface area contributed by atoms with Gasteiger partial charge in [0, 0.05) is 0 Å². The minimum atomic E-state index is -5.00. The quantitative estimate of drug-likeness (QED) is 0.707. The normalized spacial score (nSPS) is 13.3. The summed E-state index contributed by atoms with van der Waals surface area (Å²) in [5, 5.41) is 0. The summed E-state index contributed by atoms with van der Waals surface area (Å²) in [5.41, 5.74) is 0.713. The van der Waals surface area contributed by atoms with E-state index in [1.165, 1.54) is 30.3 Å². The predicted octanol–water partition coefficient (Wildman–Crippen LogP) is 3.57. The highest BCUT2D eigenvalue weighted by Crippen LogP contribution is 2.26. The summed E-state index contributed by atoms with van der Waals surface area (Å²) < 4.78 is 51.8. The van der Waals surface area contributed by atoms with E-state index >= 15 is 0 Å². The van der Waals surface area contributed by atoms with E-state index < -0.39 is 12.5 Å². The third-order valence-electron chi connectivity index (χ3n) is 1.61. The minimum absolute atomic E-state index is 0.176. The van der Waals surface area contributed by atoms with Crippen molar-refractivity contribution in [1.29, 1.82) is 0 Å². The molecule has 0 saturated heterocycles. The summed E-state index contributed by atoms with van der Waals surface area (Å²) in [4.78, 5) is 0. The van der Waals surface area contributed by atoms with Crippen LogP contribution in [-0.2, 0) is 0 Å². The molecule has 5 heteroatoms. The number of hydrogen-bond donors (Lipinski definition) is 0. The second-order valence-electron chi connectivity index (χ2n) is 2.75. The molecule has 0 aliphatic heterocycles. The Hall–Kier alpha value is -1.52. The van der Waals surface area contributed by atoms with Crippen molar-refractivity contribution in [3.8, 4) is 5.75 Å². The van der Waals surface area contributed by atoms with Crippen LogP contribution < -0.4 is 4.74 Å². The molecule has 0 spiro atoms. The molecule has 1 atom stereocenters. The van der Waals surface area contributed by atoms with E-state index in [4.69, 9.17) is 0 Å². The zero-order chi connectivity index (χ0) is 11.5. The van der Waals surface area contributed by atoms with Gasteiger partial charge in [-0.25, -0.2) is 0 Å². The van der Waals surface area contributed by atoms with E-state index in [2.05, 4.69) is 11.3 Å². The lowest BCUT2D eigenvalue weighted by Crippen LogP contribution is -2.29. The maximum absolute atomic E-state index is 12.4. The Kier molecular flexibility index (Phi) is 3.34. The lowest BCUT2D eigenvalue weighted by Gasteiger charge is -2.14. The summed E-state index contributed by atoms with van der Waals surface area (Å²) in [6.45, 7) is 3.47. The van der Waals surface area contributed by atoms with Gasteiger partial charge in [0.05, 0.1) is 0 Å². The molecular formula is C10H8F4O. The molecule has 1 aromatic rings. The molecule has 15 heavy (non-hydrogen) atoms. The van der Waals surface area contributed by atoms with Gasteiger partial charge in [-0.15, -0.1) is 0 Å². The fraction of sp³-hybridized carbons (Fsp3) is 0.200. The smallest absolute Gasteiger partial charge is 0.452 e. The van der Waals surface area contributed by atoms with Crippen molar-refractivity contribution in [1.82, 2.24) is 0 Å². The molecule has 0 amide bonds. The molecule has 0 aromatic heterocycles. The van der Waals surface area contributed by atoms with Gasteiger partial charge in [-0.3, -0.25) is 0 Å². The summed E-state index contributed by atoms with van der Waals surface area (Å²) in [7, 11) is 0. The van der Waals surface area contributed by atoms with E-state index in [0.717, 1.165) is 0 Å². The number of ether oxygens (including phenoxy) is 1. The van der Waals surface area contributed by atoms with Crippen LogP contribution in [0.25, 0.3) is 6.08 Å². The number of alkyl halides is 4. The van der Waals surface area contributed by atoms with E-state index in [-0.39, 0.29) is 5.75 Å². The lowest BCUT2D eigenvalue weighted by molar-refractivity contribution is -0.236. The van der Waals surface area contributed by atoms with Gasteiger partial charge in [-0.1, -0.05) is 24.8 Å². The molecule has 82 valence electrons. The van der Waals surface area contributed by atoms with E-state index in [9.17, 15) is 17.6 Å². The molecule has 1 nitrogen and oxygen atoms in total. The van der Waals surface area contributed by atoms with Crippen molar-refractivity contribution in [3.63, 3.8) is 0 Å². The molecule has 0 saturated carbocycles. The third-order valence-corrected chi connectivity index (χ3v) is 1.61. The van der Waals surface area contributed by atoms with Crippen molar-refractivity contribution in [2.75, 3.05) is 0 Å². The first kappa shape index (κ1) is 11.6. The van der Waals surface area contributed by atoms with Crippen LogP contribution in [0.2, 0.25) is 0 Å². The van der Waals surface area contributed by atoms with Crippen LogP contribution in [0.15, 0.2) is 30.8 Å². The minimum Gasteiger partial charge on any atom is -0.452 e. The van der Waals surface area contributed by atoms with Crippen LogP contribution in [0.4, 0.5) is 17.6 Å². The fourth-order valence-electron chi connectivity index (χ4n) is 0.869. The maximum Gasteiger partial charge on any atom is 0.457 e.